The third-order valence-corrected chi connectivity index (χ3v) is 1.51. The lowest BCUT2D eigenvalue weighted by Gasteiger charge is -1.99. The lowest BCUT2D eigenvalue weighted by Crippen LogP contribution is -1.80. The van der Waals surface area contributed by atoms with Crippen LogP contribution in [0.4, 0.5) is 0 Å². The van der Waals surface area contributed by atoms with Gasteiger partial charge in [-0.25, -0.2) is 0 Å². The molecular weight excluding hydrogens is 195 g/mol. The van der Waals surface area contributed by atoms with E-state index in [0.29, 0.717) is 0 Å². The minimum Gasteiger partial charge on any atom is -0.181 e. The zero-order valence-corrected chi connectivity index (χ0v) is 10.2. The van der Waals surface area contributed by atoms with Crippen molar-refractivity contribution in [3.05, 3.63) is 35.9 Å². The van der Waals surface area contributed by atoms with E-state index in [1.807, 2.05) is 37.3 Å². The van der Waals surface area contributed by atoms with Crippen LogP contribution in [0.25, 0.3) is 0 Å². The van der Waals surface area contributed by atoms with Crippen molar-refractivity contribution < 1.29 is 0 Å². The Morgan fingerprint density at radius 1 is 1.18 bits per heavy atom. The van der Waals surface area contributed by atoms with Gasteiger partial charge in [0.1, 0.15) is 9.55 Å². The Kier molecular flexibility index (Phi) is 6.72. The Morgan fingerprint density at radius 2 is 1.64 bits per heavy atom. The van der Waals surface area contributed by atoms with Crippen molar-refractivity contribution >= 4 is 32.2 Å². The van der Waals surface area contributed by atoms with Crippen molar-refractivity contribution in [2.45, 2.75) is 12.3 Å². The molecule has 0 aromatic heterocycles. The van der Waals surface area contributed by atoms with Gasteiger partial charge in [-0.05, 0) is 12.5 Å². The summed E-state index contributed by atoms with van der Waals surface area (Å²) in [6.45, 7) is 1.97. The third kappa shape index (κ3) is 4.46. The molecule has 0 amide bonds. The average molecular weight is 207 g/mol. The average Bonchev–Trinajstić information content (AvgIpc) is 2.10. The van der Waals surface area contributed by atoms with Crippen LogP contribution in [0, 0.1) is 0 Å². The molecule has 3 heteroatoms. The molecule has 0 nitrogen and oxygen atoms in total. The number of benzene rings is 1. The first-order chi connectivity index (χ1) is 5.30. The van der Waals surface area contributed by atoms with Gasteiger partial charge in [0.05, 0.1) is 5.38 Å². The minimum atomic E-state index is 0.131. The number of hydrogen-bond acceptors (Lipinski definition) is 0. The summed E-state index contributed by atoms with van der Waals surface area (Å²) in [4.78, 5) is 0. The fourth-order valence-electron chi connectivity index (χ4n) is 0.718. The number of halogens is 2. The second kappa shape index (κ2) is 6.71. The van der Waals surface area contributed by atoms with Crippen molar-refractivity contribution in [3.8, 4) is 0 Å². The fourth-order valence-corrected chi connectivity index (χ4v) is 0.864. The molecule has 0 saturated carbocycles. The summed E-state index contributed by atoms with van der Waals surface area (Å²) in [5.74, 6) is 0. The summed E-state index contributed by atoms with van der Waals surface area (Å²) in [5, 5.41) is 0.131. The Bertz CT molecular complexity index is 175. The maximum atomic E-state index is 5.80. The van der Waals surface area contributed by atoms with Gasteiger partial charge in [-0.1, -0.05) is 30.3 Å². The first-order valence-corrected chi connectivity index (χ1v) is 6.83. The lowest BCUT2D eigenvalue weighted by molar-refractivity contribution is 1.08. The third-order valence-electron chi connectivity index (χ3n) is 1.26. The molecule has 0 aliphatic rings. The topological polar surface area (TPSA) is 0 Å². The van der Waals surface area contributed by atoms with E-state index in [1.54, 1.807) is 0 Å². The van der Waals surface area contributed by atoms with Gasteiger partial charge in [-0.3, -0.25) is 0 Å². The number of hydrogen-bond donors (Lipinski definition) is 0. The summed E-state index contributed by atoms with van der Waals surface area (Å²) >= 11 is 10.6. The van der Waals surface area contributed by atoms with Crippen LogP contribution in [-0.4, -0.2) is 9.55 Å². The van der Waals surface area contributed by atoms with Gasteiger partial charge in [0, 0.05) is 0 Å². The first kappa shape index (κ1) is 11.0. The van der Waals surface area contributed by atoms with Gasteiger partial charge < -0.3 is 0 Å². The Labute approximate surface area is 80.7 Å². The zero-order valence-electron chi connectivity index (χ0n) is 6.72. The molecule has 0 heterocycles. The van der Waals surface area contributed by atoms with Gasteiger partial charge >= 0.3 is 0 Å². The highest BCUT2D eigenvalue weighted by atomic mass is 35.6. The van der Waals surface area contributed by atoms with Gasteiger partial charge in [0.25, 0.3) is 0 Å². The second-order valence-corrected chi connectivity index (χ2v) is 2.68. The molecule has 0 aliphatic heterocycles. The molecule has 0 bridgehead atoms. The van der Waals surface area contributed by atoms with Crippen LogP contribution in [0.3, 0.4) is 0 Å². The van der Waals surface area contributed by atoms with E-state index in [2.05, 4.69) is 0 Å². The predicted molar refractivity (Wildman–Crippen MR) is 56.5 cm³/mol. The second-order valence-electron chi connectivity index (χ2n) is 2.03. The van der Waals surface area contributed by atoms with Crippen LogP contribution in [0.1, 0.15) is 17.9 Å². The molecule has 1 unspecified atom stereocenters. The summed E-state index contributed by atoms with van der Waals surface area (Å²) in [7, 11) is 0.778. The first-order valence-electron chi connectivity index (χ1n) is 3.37. The molecule has 62 valence electrons. The Morgan fingerprint density at radius 3 is 1.91 bits per heavy atom. The van der Waals surface area contributed by atoms with E-state index in [0.717, 1.165) is 9.55 Å². The predicted octanol–water partition coefficient (Wildman–Crippen LogP) is 2.49. The highest BCUT2D eigenvalue weighted by Crippen LogP contribution is 2.17. The quantitative estimate of drug-likeness (QED) is 0.377. The lowest BCUT2D eigenvalue weighted by atomic mass is 10.2. The molecule has 0 aliphatic carbocycles. The van der Waals surface area contributed by atoms with E-state index in [4.69, 9.17) is 22.7 Å². The zero-order chi connectivity index (χ0) is 8.69. The molecule has 11 heavy (non-hydrogen) atoms. The van der Waals surface area contributed by atoms with Gasteiger partial charge in [0.15, 0.2) is 0 Å². The van der Waals surface area contributed by atoms with Crippen molar-refractivity contribution in [1.82, 2.24) is 0 Å². The molecule has 0 N–H and O–H groups in total. The monoisotopic (exact) mass is 206 g/mol. The fraction of sp³-hybridized carbons (Fsp3) is 0.250. The van der Waals surface area contributed by atoms with Crippen LogP contribution in [-0.2, 0) is 0 Å². The van der Waals surface area contributed by atoms with Gasteiger partial charge in [-0.2, -0.15) is 11.1 Å². The van der Waals surface area contributed by atoms with Crippen molar-refractivity contribution in [1.29, 1.82) is 0 Å². The maximum absolute atomic E-state index is 5.80. The van der Waals surface area contributed by atoms with Crippen LogP contribution >= 0.6 is 22.7 Å². The minimum absolute atomic E-state index is 0.131. The standard InChI is InChI=1S/C8H9Cl.ClH3Si/c1-7(9)8-5-3-2-4-6-8;1-2/h2-7H,1H3;2H3. The van der Waals surface area contributed by atoms with Crippen molar-refractivity contribution in [2.24, 2.45) is 0 Å². The van der Waals surface area contributed by atoms with E-state index in [-0.39, 0.29) is 5.38 Å². The summed E-state index contributed by atoms with van der Waals surface area (Å²) in [6, 6.07) is 10.0. The Hall–Kier alpha value is 0.0169. The largest absolute Gasteiger partial charge is 0.181 e. The summed E-state index contributed by atoms with van der Waals surface area (Å²) in [6.07, 6.45) is 0. The molecule has 0 fully saturated rings. The highest BCUT2D eigenvalue weighted by molar-refractivity contribution is 6.80. The molecule has 0 radical (unpaired) electrons. The van der Waals surface area contributed by atoms with Crippen LogP contribution in [0.5, 0.6) is 0 Å². The normalized spacial score (nSPS) is 11.5. The highest BCUT2D eigenvalue weighted by Gasteiger charge is 1.95. The van der Waals surface area contributed by atoms with E-state index in [1.165, 1.54) is 5.56 Å². The van der Waals surface area contributed by atoms with Crippen molar-refractivity contribution in [3.63, 3.8) is 0 Å². The molecule has 1 rings (SSSR count). The summed E-state index contributed by atoms with van der Waals surface area (Å²) in [5.41, 5.74) is 1.18. The molecule has 1 atom stereocenters. The van der Waals surface area contributed by atoms with Crippen LogP contribution in [0.2, 0.25) is 0 Å². The van der Waals surface area contributed by atoms with E-state index in [9.17, 15) is 0 Å². The smallest absolute Gasteiger partial charge is 0.109 e. The Balaban J connectivity index is 0.000000461. The van der Waals surface area contributed by atoms with Crippen LogP contribution in [0.15, 0.2) is 30.3 Å². The van der Waals surface area contributed by atoms with E-state index < -0.39 is 0 Å². The summed E-state index contributed by atoms with van der Waals surface area (Å²) < 4.78 is 0. The molecule has 0 spiro atoms. The molecule has 1 aromatic rings. The SMILES string of the molecule is CC(Cl)c1ccccc1.[SiH3]Cl. The van der Waals surface area contributed by atoms with Crippen molar-refractivity contribution in [2.75, 3.05) is 0 Å². The maximum Gasteiger partial charge on any atom is 0.109 e. The van der Waals surface area contributed by atoms with Gasteiger partial charge in [0.2, 0.25) is 0 Å². The number of alkyl halides is 1. The van der Waals surface area contributed by atoms with Crippen LogP contribution < -0.4 is 0 Å². The number of rotatable bonds is 1. The van der Waals surface area contributed by atoms with E-state index >= 15 is 0 Å². The molecule has 1 aromatic carbocycles. The molecule has 0 saturated heterocycles. The molecular formula is C8H12Cl2Si. The van der Waals surface area contributed by atoms with Gasteiger partial charge in [-0.15, -0.1) is 11.6 Å².